The molecule has 7 heteroatoms. The molecule has 1 aromatic carbocycles. The molecule has 0 radical (unpaired) electrons. The van der Waals surface area contributed by atoms with Crippen molar-refractivity contribution in [3.8, 4) is 11.3 Å². The number of carbonyl (C=O) groups is 2. The molecule has 2 aromatic heterocycles. The normalized spacial score (nSPS) is 16.6. The van der Waals surface area contributed by atoms with E-state index in [1.807, 2.05) is 37.3 Å². The summed E-state index contributed by atoms with van der Waals surface area (Å²) in [6.07, 6.45) is 3.18. The smallest absolute Gasteiger partial charge is 0.305 e. The summed E-state index contributed by atoms with van der Waals surface area (Å²) in [7, 11) is 0. The van der Waals surface area contributed by atoms with Gasteiger partial charge in [0.15, 0.2) is 5.65 Å². The minimum atomic E-state index is -0.881. The van der Waals surface area contributed by atoms with Crippen LogP contribution in [0.5, 0.6) is 0 Å². The van der Waals surface area contributed by atoms with Crippen LogP contribution >= 0.6 is 0 Å². The van der Waals surface area contributed by atoms with Gasteiger partial charge in [0.2, 0.25) is 0 Å². The summed E-state index contributed by atoms with van der Waals surface area (Å²) in [6, 6.07) is 11.3. The van der Waals surface area contributed by atoms with E-state index in [9.17, 15) is 14.7 Å². The third kappa shape index (κ3) is 3.24. The summed E-state index contributed by atoms with van der Waals surface area (Å²) < 4.78 is 1.78. The average Bonchev–Trinajstić information content (AvgIpc) is 3.33. The number of carboxylic acids is 1. The number of fused-ring (bicyclic) bond motifs is 1. The van der Waals surface area contributed by atoms with Crippen molar-refractivity contribution in [2.75, 3.05) is 6.54 Å². The Morgan fingerprint density at radius 1 is 1.25 bits per heavy atom. The molecule has 0 aliphatic carbocycles. The molecular formula is C21H22N4O3. The van der Waals surface area contributed by atoms with Crippen molar-refractivity contribution in [2.24, 2.45) is 0 Å². The average molecular weight is 378 g/mol. The Bertz CT molecular complexity index is 1030. The lowest BCUT2D eigenvalue weighted by Crippen LogP contribution is -2.37. The Hall–Kier alpha value is -3.22. The quantitative estimate of drug-likeness (QED) is 0.737. The van der Waals surface area contributed by atoms with Gasteiger partial charge in [0.05, 0.1) is 29.3 Å². The Kier molecular flexibility index (Phi) is 4.81. The molecule has 1 aliphatic heterocycles. The molecule has 3 heterocycles. The Labute approximate surface area is 162 Å². The number of carbonyl (C=O) groups excluding carboxylic acids is 1. The predicted octanol–water partition coefficient (Wildman–Crippen LogP) is 3.20. The van der Waals surface area contributed by atoms with Crippen molar-refractivity contribution < 1.29 is 14.7 Å². The van der Waals surface area contributed by atoms with E-state index in [-0.39, 0.29) is 18.4 Å². The first-order chi connectivity index (χ1) is 13.6. The maximum Gasteiger partial charge on any atom is 0.305 e. The summed E-state index contributed by atoms with van der Waals surface area (Å²) in [5, 5.41) is 14.3. The fourth-order valence-electron chi connectivity index (χ4n) is 3.88. The Morgan fingerprint density at radius 3 is 2.75 bits per heavy atom. The van der Waals surface area contributed by atoms with E-state index in [4.69, 9.17) is 4.98 Å². The number of nitrogens with zero attached hydrogens (tertiary/aromatic N) is 4. The molecule has 144 valence electrons. The second kappa shape index (κ2) is 7.42. The molecule has 3 aromatic rings. The number of pyridine rings is 1. The fraction of sp³-hybridized carbons (Fsp3) is 0.333. The molecule has 1 amide bonds. The van der Waals surface area contributed by atoms with Gasteiger partial charge in [-0.15, -0.1) is 0 Å². The van der Waals surface area contributed by atoms with E-state index in [1.54, 1.807) is 21.8 Å². The van der Waals surface area contributed by atoms with Crippen LogP contribution in [-0.4, -0.2) is 49.2 Å². The number of aryl methyl sites for hydroxylation is 1. The van der Waals surface area contributed by atoms with Crippen LogP contribution in [0.15, 0.2) is 42.6 Å². The third-order valence-electron chi connectivity index (χ3n) is 5.26. The first-order valence-electron chi connectivity index (χ1n) is 9.53. The zero-order valence-electron chi connectivity index (χ0n) is 15.7. The minimum Gasteiger partial charge on any atom is -0.481 e. The Morgan fingerprint density at radius 2 is 2.04 bits per heavy atom. The monoisotopic (exact) mass is 378 g/mol. The number of hydrogen-bond donors (Lipinski definition) is 1. The molecule has 0 bridgehead atoms. The number of amides is 1. The lowest BCUT2D eigenvalue weighted by Gasteiger charge is -2.24. The molecule has 4 rings (SSSR count). The zero-order chi connectivity index (χ0) is 19.7. The SMILES string of the molecule is CCn1ncc2c(C(=O)N3CCCC3CC(=O)O)cc(-c3ccccc3)nc21. The van der Waals surface area contributed by atoms with Gasteiger partial charge in [-0.3, -0.25) is 9.59 Å². The number of aliphatic carboxylic acids is 1. The lowest BCUT2D eigenvalue weighted by molar-refractivity contribution is -0.137. The second-order valence-electron chi connectivity index (χ2n) is 7.01. The second-order valence-corrected chi connectivity index (χ2v) is 7.01. The number of benzene rings is 1. The van der Waals surface area contributed by atoms with E-state index in [2.05, 4.69) is 5.10 Å². The van der Waals surface area contributed by atoms with E-state index in [0.717, 1.165) is 12.0 Å². The number of aromatic nitrogens is 3. The van der Waals surface area contributed by atoms with E-state index >= 15 is 0 Å². The Balaban J connectivity index is 1.82. The van der Waals surface area contributed by atoms with E-state index < -0.39 is 5.97 Å². The van der Waals surface area contributed by atoms with Gasteiger partial charge in [0.25, 0.3) is 5.91 Å². The molecule has 0 saturated carbocycles. The first-order valence-corrected chi connectivity index (χ1v) is 9.53. The van der Waals surface area contributed by atoms with Crippen molar-refractivity contribution >= 4 is 22.9 Å². The number of hydrogen-bond acceptors (Lipinski definition) is 4. The molecular weight excluding hydrogens is 356 g/mol. The van der Waals surface area contributed by atoms with Crippen LogP contribution in [0.2, 0.25) is 0 Å². The van der Waals surface area contributed by atoms with Gasteiger partial charge in [0, 0.05) is 24.7 Å². The van der Waals surface area contributed by atoms with Crippen LogP contribution < -0.4 is 0 Å². The highest BCUT2D eigenvalue weighted by molar-refractivity contribution is 6.06. The maximum atomic E-state index is 13.4. The highest BCUT2D eigenvalue weighted by Crippen LogP contribution is 2.29. The topological polar surface area (TPSA) is 88.3 Å². The van der Waals surface area contributed by atoms with Crippen molar-refractivity contribution in [2.45, 2.75) is 38.8 Å². The van der Waals surface area contributed by atoms with Crippen LogP contribution in [-0.2, 0) is 11.3 Å². The standard InChI is InChI=1S/C21H22N4O3/c1-2-25-20-17(13-22-25)16(12-18(23-20)14-7-4-3-5-8-14)21(28)24-10-6-9-15(24)11-19(26)27/h3-5,7-8,12-13,15H,2,6,9-11H2,1H3,(H,26,27). The molecule has 1 unspecified atom stereocenters. The minimum absolute atomic E-state index is 0.0280. The van der Waals surface area contributed by atoms with Crippen LogP contribution in [0.4, 0.5) is 0 Å². The molecule has 1 N–H and O–H groups in total. The maximum absolute atomic E-state index is 13.4. The first kappa shape index (κ1) is 18.2. The summed E-state index contributed by atoms with van der Waals surface area (Å²) >= 11 is 0. The molecule has 28 heavy (non-hydrogen) atoms. The molecule has 1 fully saturated rings. The molecule has 1 atom stereocenters. The van der Waals surface area contributed by atoms with Gasteiger partial charge in [-0.25, -0.2) is 9.67 Å². The van der Waals surface area contributed by atoms with Crippen molar-refractivity contribution in [3.05, 3.63) is 48.2 Å². The van der Waals surface area contributed by atoms with Crippen molar-refractivity contribution in [1.29, 1.82) is 0 Å². The van der Waals surface area contributed by atoms with Gasteiger partial charge in [-0.05, 0) is 25.8 Å². The molecule has 0 spiro atoms. The van der Waals surface area contributed by atoms with Crippen molar-refractivity contribution in [1.82, 2.24) is 19.7 Å². The summed E-state index contributed by atoms with van der Waals surface area (Å²) in [5.41, 5.74) is 2.83. The van der Waals surface area contributed by atoms with Gasteiger partial charge < -0.3 is 10.0 Å². The third-order valence-corrected chi connectivity index (χ3v) is 5.26. The van der Waals surface area contributed by atoms with Gasteiger partial charge in [-0.1, -0.05) is 30.3 Å². The number of likely N-dealkylation sites (tertiary alicyclic amines) is 1. The summed E-state index contributed by atoms with van der Waals surface area (Å²) in [4.78, 5) is 31.0. The van der Waals surface area contributed by atoms with Crippen LogP contribution in [0, 0.1) is 0 Å². The van der Waals surface area contributed by atoms with Gasteiger partial charge in [0.1, 0.15) is 0 Å². The molecule has 7 nitrogen and oxygen atoms in total. The fourth-order valence-corrected chi connectivity index (χ4v) is 3.88. The zero-order valence-corrected chi connectivity index (χ0v) is 15.7. The largest absolute Gasteiger partial charge is 0.481 e. The summed E-state index contributed by atoms with van der Waals surface area (Å²) in [5.74, 6) is -1.03. The van der Waals surface area contributed by atoms with E-state index in [1.165, 1.54) is 0 Å². The molecule has 1 aliphatic rings. The number of carboxylic acid groups (broad SMARTS) is 1. The van der Waals surface area contributed by atoms with Crippen LogP contribution in [0.1, 0.15) is 36.5 Å². The van der Waals surface area contributed by atoms with Crippen LogP contribution in [0.25, 0.3) is 22.3 Å². The van der Waals surface area contributed by atoms with E-state index in [0.29, 0.717) is 41.8 Å². The van der Waals surface area contributed by atoms with Crippen molar-refractivity contribution in [3.63, 3.8) is 0 Å². The lowest BCUT2D eigenvalue weighted by atomic mass is 10.0. The van der Waals surface area contributed by atoms with Gasteiger partial charge in [-0.2, -0.15) is 5.10 Å². The predicted molar refractivity (Wildman–Crippen MR) is 105 cm³/mol. The number of rotatable bonds is 5. The molecule has 1 saturated heterocycles. The van der Waals surface area contributed by atoms with Crippen LogP contribution in [0.3, 0.4) is 0 Å². The highest BCUT2D eigenvalue weighted by Gasteiger charge is 2.32. The highest BCUT2D eigenvalue weighted by atomic mass is 16.4. The summed E-state index contributed by atoms with van der Waals surface area (Å²) in [6.45, 7) is 3.20. The van der Waals surface area contributed by atoms with Gasteiger partial charge >= 0.3 is 5.97 Å².